The number of thiophene rings is 1. The first kappa shape index (κ1) is 8.40. The molecular weight excluding hydrogens is 191 g/mol. The molecule has 2 aromatic rings. The van der Waals surface area contributed by atoms with E-state index in [0.717, 1.165) is 0 Å². The average Bonchev–Trinajstić information content (AvgIpc) is 2.71. The molecule has 2 heterocycles. The number of halogens is 1. The van der Waals surface area contributed by atoms with Gasteiger partial charge in [-0.2, -0.15) is 0 Å². The third-order valence-corrected chi connectivity index (χ3v) is 2.47. The predicted octanol–water partition coefficient (Wildman–Crippen LogP) is 2.00. The Balaban J connectivity index is 2.41. The van der Waals surface area contributed by atoms with Gasteiger partial charge in [0.1, 0.15) is 10.7 Å². The number of rotatable bonds is 2. The minimum absolute atomic E-state index is 0.229. The highest BCUT2D eigenvalue weighted by Gasteiger charge is 2.11. The minimum atomic E-state index is -0.287. The smallest absolute Gasteiger partial charge is 0.208 e. The molecule has 0 fully saturated rings. The van der Waals surface area contributed by atoms with Crippen LogP contribution in [0.25, 0.3) is 10.6 Å². The van der Waals surface area contributed by atoms with E-state index in [1.165, 1.54) is 23.6 Å². The van der Waals surface area contributed by atoms with Gasteiger partial charge in [-0.15, -0.1) is 11.3 Å². The van der Waals surface area contributed by atoms with E-state index in [4.69, 9.17) is 10.2 Å². The van der Waals surface area contributed by atoms with Crippen LogP contribution in [0.15, 0.2) is 22.1 Å². The zero-order valence-corrected chi connectivity index (χ0v) is 7.47. The summed E-state index contributed by atoms with van der Waals surface area (Å²) in [6, 6.07) is 1.39. The van der Waals surface area contributed by atoms with Crippen LogP contribution in [-0.4, -0.2) is 4.98 Å². The van der Waals surface area contributed by atoms with Crippen LogP contribution < -0.4 is 5.73 Å². The summed E-state index contributed by atoms with van der Waals surface area (Å²) in [4.78, 5) is 4.35. The second-order valence-electron chi connectivity index (χ2n) is 2.42. The molecule has 68 valence electrons. The summed E-state index contributed by atoms with van der Waals surface area (Å²) in [5, 5.41) is 1.66. The van der Waals surface area contributed by atoms with Crippen molar-refractivity contribution >= 4 is 11.3 Å². The highest BCUT2D eigenvalue weighted by Crippen LogP contribution is 2.28. The van der Waals surface area contributed by atoms with Crippen molar-refractivity contribution in [3.63, 3.8) is 0 Å². The molecule has 0 aliphatic rings. The van der Waals surface area contributed by atoms with Crippen molar-refractivity contribution in [1.82, 2.24) is 4.98 Å². The van der Waals surface area contributed by atoms with Crippen LogP contribution in [0, 0.1) is 5.82 Å². The lowest BCUT2D eigenvalue weighted by Crippen LogP contribution is -1.94. The molecule has 0 spiro atoms. The van der Waals surface area contributed by atoms with E-state index in [0.29, 0.717) is 16.5 Å². The first-order valence-electron chi connectivity index (χ1n) is 3.69. The van der Waals surface area contributed by atoms with Crippen LogP contribution in [0.5, 0.6) is 0 Å². The topological polar surface area (TPSA) is 52.0 Å². The lowest BCUT2D eigenvalue weighted by atomic mass is 10.4. The molecule has 0 amide bonds. The maximum atomic E-state index is 13.0. The van der Waals surface area contributed by atoms with Gasteiger partial charge in [0, 0.05) is 0 Å². The van der Waals surface area contributed by atoms with Gasteiger partial charge in [-0.1, -0.05) is 0 Å². The third-order valence-electron chi connectivity index (χ3n) is 1.57. The van der Waals surface area contributed by atoms with E-state index in [1.807, 2.05) is 0 Å². The number of oxazole rings is 1. The Morgan fingerprint density at radius 2 is 2.46 bits per heavy atom. The highest BCUT2D eigenvalue weighted by atomic mass is 32.1. The molecule has 2 rings (SSSR count). The predicted molar refractivity (Wildman–Crippen MR) is 47.7 cm³/mol. The van der Waals surface area contributed by atoms with Crippen LogP contribution in [0.2, 0.25) is 0 Å². The highest BCUT2D eigenvalue weighted by molar-refractivity contribution is 7.13. The molecule has 3 nitrogen and oxygen atoms in total. The second-order valence-corrected chi connectivity index (χ2v) is 3.34. The van der Waals surface area contributed by atoms with E-state index in [-0.39, 0.29) is 12.4 Å². The number of aromatic nitrogens is 1. The quantitative estimate of drug-likeness (QED) is 0.802. The van der Waals surface area contributed by atoms with Gasteiger partial charge in [0.25, 0.3) is 0 Å². The van der Waals surface area contributed by atoms with Crippen LogP contribution in [0.1, 0.15) is 5.89 Å². The molecular formula is C8H7FN2OS. The lowest BCUT2D eigenvalue weighted by molar-refractivity contribution is 0.507. The van der Waals surface area contributed by atoms with Gasteiger partial charge in [-0.05, 0) is 11.4 Å². The van der Waals surface area contributed by atoms with Crippen LogP contribution in [0.4, 0.5) is 4.39 Å². The van der Waals surface area contributed by atoms with Crippen molar-refractivity contribution < 1.29 is 8.81 Å². The Hall–Kier alpha value is -1.20. The van der Waals surface area contributed by atoms with Gasteiger partial charge in [0.15, 0.2) is 5.76 Å². The summed E-state index contributed by atoms with van der Waals surface area (Å²) in [6.07, 6.45) is 1.48. The standard InChI is InChI=1S/C8H7FN2OS/c9-5-1-2-13-8(5)6-4-11-7(3-10)12-6/h1-2,4H,3,10H2. The van der Waals surface area contributed by atoms with Gasteiger partial charge in [0.05, 0.1) is 12.7 Å². The van der Waals surface area contributed by atoms with Gasteiger partial charge >= 0.3 is 0 Å². The fourth-order valence-corrected chi connectivity index (χ4v) is 1.69. The molecule has 0 aromatic carbocycles. The molecule has 0 radical (unpaired) electrons. The Bertz CT molecular complexity index is 410. The molecule has 13 heavy (non-hydrogen) atoms. The van der Waals surface area contributed by atoms with Crippen molar-refractivity contribution in [2.24, 2.45) is 5.73 Å². The van der Waals surface area contributed by atoms with Gasteiger partial charge in [0.2, 0.25) is 5.89 Å². The number of hydrogen-bond acceptors (Lipinski definition) is 4. The van der Waals surface area contributed by atoms with E-state index in [1.54, 1.807) is 5.38 Å². The third kappa shape index (κ3) is 1.48. The van der Waals surface area contributed by atoms with Gasteiger partial charge in [-0.25, -0.2) is 9.37 Å². The number of nitrogens with two attached hydrogens (primary N) is 1. The first-order valence-corrected chi connectivity index (χ1v) is 4.57. The Morgan fingerprint density at radius 1 is 1.62 bits per heavy atom. The van der Waals surface area contributed by atoms with E-state index >= 15 is 0 Å². The second kappa shape index (κ2) is 3.27. The molecule has 2 N–H and O–H groups in total. The molecule has 5 heteroatoms. The fraction of sp³-hybridized carbons (Fsp3) is 0.125. The van der Waals surface area contributed by atoms with Crippen LogP contribution in [0.3, 0.4) is 0 Å². The van der Waals surface area contributed by atoms with Gasteiger partial charge in [-0.3, -0.25) is 0 Å². The monoisotopic (exact) mass is 198 g/mol. The zero-order valence-electron chi connectivity index (χ0n) is 6.66. The fourth-order valence-electron chi connectivity index (χ4n) is 0.979. The lowest BCUT2D eigenvalue weighted by Gasteiger charge is -1.89. The van der Waals surface area contributed by atoms with Crippen molar-refractivity contribution in [2.75, 3.05) is 0 Å². The van der Waals surface area contributed by atoms with Crippen molar-refractivity contribution in [2.45, 2.75) is 6.54 Å². The summed E-state index contributed by atoms with van der Waals surface area (Å²) in [5.41, 5.74) is 5.31. The first-order chi connectivity index (χ1) is 6.31. The Kier molecular flexibility index (Phi) is 2.12. The van der Waals surface area contributed by atoms with E-state index in [9.17, 15) is 4.39 Å². The molecule has 0 aliphatic carbocycles. The maximum Gasteiger partial charge on any atom is 0.208 e. The normalized spacial score (nSPS) is 10.6. The Morgan fingerprint density at radius 3 is 3.00 bits per heavy atom. The molecule has 0 unspecified atom stereocenters. The summed E-state index contributed by atoms with van der Waals surface area (Å²) in [7, 11) is 0. The SMILES string of the molecule is NCc1ncc(-c2sccc2F)o1. The maximum absolute atomic E-state index is 13.0. The molecule has 0 aliphatic heterocycles. The van der Waals surface area contributed by atoms with E-state index < -0.39 is 0 Å². The summed E-state index contributed by atoms with van der Waals surface area (Å²) in [6.45, 7) is 0.229. The average molecular weight is 198 g/mol. The molecule has 0 saturated carbocycles. The van der Waals surface area contributed by atoms with Crippen LogP contribution in [-0.2, 0) is 6.54 Å². The molecule has 2 aromatic heterocycles. The number of nitrogens with zero attached hydrogens (tertiary/aromatic N) is 1. The minimum Gasteiger partial charge on any atom is -0.438 e. The van der Waals surface area contributed by atoms with Gasteiger partial charge < -0.3 is 10.2 Å². The molecule has 0 bridgehead atoms. The van der Waals surface area contributed by atoms with E-state index in [2.05, 4.69) is 4.98 Å². The molecule has 0 atom stereocenters. The summed E-state index contributed by atoms with van der Waals surface area (Å²) < 4.78 is 18.2. The summed E-state index contributed by atoms with van der Waals surface area (Å²) >= 11 is 1.28. The summed E-state index contributed by atoms with van der Waals surface area (Å²) in [5.74, 6) is 0.570. The largest absolute Gasteiger partial charge is 0.438 e. The van der Waals surface area contributed by atoms with Crippen LogP contribution >= 0.6 is 11.3 Å². The zero-order chi connectivity index (χ0) is 9.26. The van der Waals surface area contributed by atoms with Crippen molar-refractivity contribution in [1.29, 1.82) is 0 Å². The Labute approximate surface area is 78.0 Å². The number of hydrogen-bond donors (Lipinski definition) is 1. The van der Waals surface area contributed by atoms with Crippen molar-refractivity contribution in [3.05, 3.63) is 29.4 Å². The van der Waals surface area contributed by atoms with Crippen molar-refractivity contribution in [3.8, 4) is 10.6 Å². The molecule has 0 saturated heterocycles.